The van der Waals surface area contributed by atoms with Crippen LogP contribution in [0.3, 0.4) is 0 Å². The molecule has 0 bridgehead atoms. The van der Waals surface area contributed by atoms with Crippen molar-refractivity contribution in [3.05, 3.63) is 34.2 Å². The van der Waals surface area contributed by atoms with Crippen LogP contribution in [0.5, 0.6) is 0 Å². The molecule has 1 saturated heterocycles. The SMILES string of the molecule is [N-]=[N+]=NCC1CC(=O)N(CCc2cccc3nonc23)C1. The molecule has 1 aliphatic rings. The molecule has 1 atom stereocenters. The molecule has 1 aliphatic heterocycles. The quantitative estimate of drug-likeness (QED) is 0.475. The van der Waals surface area contributed by atoms with Crippen molar-refractivity contribution in [1.29, 1.82) is 0 Å². The summed E-state index contributed by atoms with van der Waals surface area (Å²) in [4.78, 5) is 16.5. The summed E-state index contributed by atoms with van der Waals surface area (Å²) in [5.74, 6) is 0.233. The van der Waals surface area contributed by atoms with E-state index in [0.717, 1.165) is 16.6 Å². The Morgan fingerprint density at radius 3 is 3.24 bits per heavy atom. The summed E-state index contributed by atoms with van der Waals surface area (Å²) in [6, 6.07) is 5.70. The molecule has 3 rings (SSSR count). The number of nitrogens with zero attached hydrogens (tertiary/aromatic N) is 6. The summed E-state index contributed by atoms with van der Waals surface area (Å²) < 4.78 is 4.73. The van der Waals surface area contributed by atoms with Gasteiger partial charge in [0.2, 0.25) is 5.91 Å². The van der Waals surface area contributed by atoms with Crippen molar-refractivity contribution in [3.63, 3.8) is 0 Å². The molecule has 2 aromatic rings. The van der Waals surface area contributed by atoms with Gasteiger partial charge in [-0.25, -0.2) is 4.63 Å². The highest BCUT2D eigenvalue weighted by Gasteiger charge is 2.28. The van der Waals surface area contributed by atoms with Crippen molar-refractivity contribution in [2.75, 3.05) is 19.6 Å². The Kier molecular flexibility index (Phi) is 3.70. The molecular formula is C13H14N6O2. The number of hydrogen-bond acceptors (Lipinski definition) is 5. The van der Waals surface area contributed by atoms with Crippen LogP contribution in [0.25, 0.3) is 21.5 Å². The minimum atomic E-state index is 0.110. The van der Waals surface area contributed by atoms with Gasteiger partial charge in [-0.1, -0.05) is 17.2 Å². The maximum absolute atomic E-state index is 11.9. The normalized spacial score (nSPS) is 18.2. The van der Waals surface area contributed by atoms with Crippen molar-refractivity contribution in [2.45, 2.75) is 12.8 Å². The number of benzene rings is 1. The molecule has 1 amide bonds. The number of likely N-dealkylation sites (tertiary alicyclic amines) is 1. The van der Waals surface area contributed by atoms with Crippen molar-refractivity contribution < 1.29 is 9.42 Å². The molecule has 0 N–H and O–H groups in total. The predicted octanol–water partition coefficient (Wildman–Crippen LogP) is 1.92. The summed E-state index contributed by atoms with van der Waals surface area (Å²) >= 11 is 0. The number of aromatic nitrogens is 2. The molecular weight excluding hydrogens is 272 g/mol. The Hall–Kier alpha value is -2.60. The molecule has 21 heavy (non-hydrogen) atoms. The van der Waals surface area contributed by atoms with Crippen molar-refractivity contribution in [1.82, 2.24) is 15.2 Å². The van der Waals surface area contributed by atoms with Crippen molar-refractivity contribution >= 4 is 16.9 Å². The van der Waals surface area contributed by atoms with Gasteiger partial charge in [-0.3, -0.25) is 4.79 Å². The van der Waals surface area contributed by atoms with E-state index in [1.165, 1.54) is 0 Å². The largest absolute Gasteiger partial charge is 0.342 e. The first-order valence-corrected chi connectivity index (χ1v) is 6.76. The molecule has 2 heterocycles. The van der Waals surface area contributed by atoms with Crippen LogP contribution in [0, 0.1) is 5.92 Å². The van der Waals surface area contributed by atoms with E-state index in [1.54, 1.807) is 0 Å². The second-order valence-electron chi connectivity index (χ2n) is 5.12. The average Bonchev–Trinajstić information content (AvgIpc) is 3.09. The lowest BCUT2D eigenvalue weighted by Crippen LogP contribution is -2.27. The van der Waals surface area contributed by atoms with E-state index in [0.29, 0.717) is 32.5 Å². The fraction of sp³-hybridized carbons (Fsp3) is 0.462. The first-order valence-electron chi connectivity index (χ1n) is 6.76. The van der Waals surface area contributed by atoms with Crippen LogP contribution in [0.1, 0.15) is 12.0 Å². The van der Waals surface area contributed by atoms with E-state index in [1.807, 2.05) is 23.1 Å². The molecule has 1 aromatic heterocycles. The minimum Gasteiger partial charge on any atom is -0.342 e. The van der Waals surface area contributed by atoms with Gasteiger partial charge >= 0.3 is 0 Å². The highest BCUT2D eigenvalue weighted by atomic mass is 16.6. The van der Waals surface area contributed by atoms with Crippen LogP contribution in [-0.2, 0) is 11.2 Å². The third-order valence-electron chi connectivity index (χ3n) is 3.72. The van der Waals surface area contributed by atoms with E-state index < -0.39 is 0 Å². The lowest BCUT2D eigenvalue weighted by molar-refractivity contribution is -0.127. The van der Waals surface area contributed by atoms with Crippen molar-refractivity contribution in [2.24, 2.45) is 11.0 Å². The standard InChI is InChI=1S/C13H14N6O2/c14-18-15-7-9-6-12(20)19(8-9)5-4-10-2-1-3-11-13(10)17-21-16-11/h1-3,9H,4-8H2. The fourth-order valence-corrected chi connectivity index (χ4v) is 2.66. The van der Waals surface area contributed by atoms with Gasteiger partial charge in [0.1, 0.15) is 11.0 Å². The maximum Gasteiger partial charge on any atom is 0.222 e. The van der Waals surface area contributed by atoms with Gasteiger partial charge in [-0.2, -0.15) is 0 Å². The molecule has 1 fully saturated rings. The third-order valence-corrected chi connectivity index (χ3v) is 3.72. The fourth-order valence-electron chi connectivity index (χ4n) is 2.66. The maximum atomic E-state index is 11.9. The average molecular weight is 286 g/mol. The topological polar surface area (TPSA) is 108 Å². The molecule has 0 spiro atoms. The molecule has 0 saturated carbocycles. The Bertz CT molecular complexity index is 706. The van der Waals surface area contributed by atoms with E-state index in [4.69, 9.17) is 10.2 Å². The predicted molar refractivity (Wildman–Crippen MR) is 74.2 cm³/mol. The van der Waals surface area contributed by atoms with Gasteiger partial charge in [-0.05, 0) is 39.8 Å². The van der Waals surface area contributed by atoms with Crippen LogP contribution in [0.4, 0.5) is 0 Å². The molecule has 0 aliphatic carbocycles. The zero-order chi connectivity index (χ0) is 14.7. The minimum absolute atomic E-state index is 0.110. The Balaban J connectivity index is 1.64. The second-order valence-corrected chi connectivity index (χ2v) is 5.12. The van der Waals surface area contributed by atoms with Gasteiger partial charge in [0.15, 0.2) is 0 Å². The monoisotopic (exact) mass is 286 g/mol. The number of azide groups is 1. The van der Waals surface area contributed by atoms with Gasteiger partial charge in [0, 0.05) is 31.0 Å². The Labute approximate surface area is 120 Å². The molecule has 8 heteroatoms. The summed E-state index contributed by atoms with van der Waals surface area (Å²) in [5.41, 5.74) is 10.8. The number of carbonyl (C=O) groups is 1. The van der Waals surface area contributed by atoms with E-state index in [2.05, 4.69) is 20.3 Å². The zero-order valence-electron chi connectivity index (χ0n) is 11.3. The van der Waals surface area contributed by atoms with Crippen LogP contribution >= 0.6 is 0 Å². The summed E-state index contributed by atoms with van der Waals surface area (Å²) in [6.07, 6.45) is 1.15. The van der Waals surface area contributed by atoms with Crippen LogP contribution in [0.2, 0.25) is 0 Å². The van der Waals surface area contributed by atoms with Gasteiger partial charge in [-0.15, -0.1) is 0 Å². The molecule has 8 nitrogen and oxygen atoms in total. The summed E-state index contributed by atoms with van der Waals surface area (Å²) in [5, 5.41) is 11.2. The first-order chi connectivity index (χ1) is 10.3. The number of amides is 1. The van der Waals surface area contributed by atoms with Gasteiger partial charge < -0.3 is 4.90 Å². The lowest BCUT2D eigenvalue weighted by Gasteiger charge is -2.16. The third kappa shape index (κ3) is 2.80. The zero-order valence-corrected chi connectivity index (χ0v) is 11.3. The van der Waals surface area contributed by atoms with Crippen molar-refractivity contribution in [3.8, 4) is 0 Å². The van der Waals surface area contributed by atoms with Crippen LogP contribution < -0.4 is 0 Å². The highest BCUT2D eigenvalue weighted by molar-refractivity contribution is 5.79. The lowest BCUT2D eigenvalue weighted by atomic mass is 10.1. The summed E-state index contributed by atoms with van der Waals surface area (Å²) in [7, 11) is 0. The van der Waals surface area contributed by atoms with Gasteiger partial charge in [0.25, 0.3) is 0 Å². The first kappa shape index (κ1) is 13.4. The molecule has 0 radical (unpaired) electrons. The molecule has 1 aromatic carbocycles. The van der Waals surface area contributed by atoms with Crippen LogP contribution in [0.15, 0.2) is 27.9 Å². The highest BCUT2D eigenvalue weighted by Crippen LogP contribution is 2.20. The molecule has 108 valence electrons. The Morgan fingerprint density at radius 2 is 2.38 bits per heavy atom. The number of hydrogen-bond donors (Lipinski definition) is 0. The number of carbonyl (C=O) groups excluding carboxylic acids is 1. The van der Waals surface area contributed by atoms with Gasteiger partial charge in [0.05, 0.1) is 0 Å². The molecule has 1 unspecified atom stereocenters. The summed E-state index contributed by atoms with van der Waals surface area (Å²) in [6.45, 7) is 1.64. The second kappa shape index (κ2) is 5.80. The number of fused-ring (bicyclic) bond motifs is 1. The Morgan fingerprint density at radius 1 is 1.48 bits per heavy atom. The van der Waals surface area contributed by atoms with E-state index >= 15 is 0 Å². The van der Waals surface area contributed by atoms with Crippen LogP contribution in [-0.4, -0.2) is 40.8 Å². The number of rotatable bonds is 5. The van der Waals surface area contributed by atoms with E-state index in [-0.39, 0.29) is 11.8 Å². The smallest absolute Gasteiger partial charge is 0.222 e. The van der Waals surface area contributed by atoms with E-state index in [9.17, 15) is 4.79 Å².